The maximum atomic E-state index is 6.07. The third-order valence-electron chi connectivity index (χ3n) is 3.82. The highest BCUT2D eigenvalue weighted by molar-refractivity contribution is 5.87. The van der Waals surface area contributed by atoms with Crippen molar-refractivity contribution in [1.82, 2.24) is 10.3 Å². The van der Waals surface area contributed by atoms with Gasteiger partial charge in [0.05, 0.1) is 5.69 Å². The zero-order valence-electron chi connectivity index (χ0n) is 12.1. The lowest BCUT2D eigenvalue weighted by Gasteiger charge is -2.26. The third-order valence-corrected chi connectivity index (χ3v) is 3.82. The van der Waals surface area contributed by atoms with Gasteiger partial charge in [0.25, 0.3) is 0 Å². The van der Waals surface area contributed by atoms with E-state index in [1.165, 1.54) is 11.8 Å². The van der Waals surface area contributed by atoms with E-state index >= 15 is 0 Å². The molecule has 0 radical (unpaired) electrons. The predicted molar refractivity (Wildman–Crippen MR) is 82.0 cm³/mol. The van der Waals surface area contributed by atoms with Gasteiger partial charge in [0, 0.05) is 11.9 Å². The molecular weight excluding hydrogens is 248 g/mol. The summed E-state index contributed by atoms with van der Waals surface area (Å²) in [5.41, 5.74) is 1.06. The number of ether oxygens (including phenoxy) is 1. The van der Waals surface area contributed by atoms with Crippen molar-refractivity contribution in [2.45, 2.75) is 45.3 Å². The fourth-order valence-electron chi connectivity index (χ4n) is 2.44. The van der Waals surface area contributed by atoms with Crippen LogP contribution in [-0.4, -0.2) is 17.6 Å². The zero-order valence-corrected chi connectivity index (χ0v) is 12.1. The van der Waals surface area contributed by atoms with E-state index in [0.717, 1.165) is 49.3 Å². The molecule has 1 fully saturated rings. The van der Waals surface area contributed by atoms with Gasteiger partial charge in [-0.05, 0) is 49.7 Å². The highest BCUT2D eigenvalue weighted by Crippen LogP contribution is 2.29. The fraction of sp³-hybridized carbons (Fsp3) is 0.471. The van der Waals surface area contributed by atoms with Gasteiger partial charge in [-0.2, -0.15) is 0 Å². The van der Waals surface area contributed by atoms with Gasteiger partial charge in [-0.25, -0.2) is 4.98 Å². The Morgan fingerprint density at radius 2 is 2.15 bits per heavy atom. The summed E-state index contributed by atoms with van der Waals surface area (Å²) in [5, 5.41) is 5.74. The highest BCUT2D eigenvalue weighted by Gasteiger charge is 2.21. The molecule has 1 aromatic heterocycles. The number of hydrogen-bond acceptors (Lipinski definition) is 3. The molecule has 0 bridgehead atoms. The summed E-state index contributed by atoms with van der Waals surface area (Å²) in [4.78, 5) is 4.71. The molecule has 3 heteroatoms. The van der Waals surface area contributed by atoms with Crippen LogP contribution in [0.4, 0.5) is 0 Å². The summed E-state index contributed by atoms with van der Waals surface area (Å²) in [6, 6.07) is 10.5. The van der Waals surface area contributed by atoms with Gasteiger partial charge in [-0.1, -0.05) is 25.1 Å². The molecule has 3 rings (SSSR count). The maximum absolute atomic E-state index is 6.07. The topological polar surface area (TPSA) is 34.1 Å². The summed E-state index contributed by atoms with van der Waals surface area (Å²) >= 11 is 0. The van der Waals surface area contributed by atoms with Crippen molar-refractivity contribution in [3.05, 3.63) is 36.0 Å². The van der Waals surface area contributed by atoms with Crippen molar-refractivity contribution >= 4 is 10.8 Å². The zero-order chi connectivity index (χ0) is 13.8. The van der Waals surface area contributed by atoms with Gasteiger partial charge >= 0.3 is 0 Å². The molecule has 1 N–H and O–H groups in total. The fourth-order valence-corrected chi connectivity index (χ4v) is 2.44. The molecule has 1 saturated carbocycles. The van der Waals surface area contributed by atoms with E-state index in [4.69, 9.17) is 9.72 Å². The number of pyridine rings is 1. The largest absolute Gasteiger partial charge is 0.474 e. The van der Waals surface area contributed by atoms with Gasteiger partial charge < -0.3 is 10.1 Å². The van der Waals surface area contributed by atoms with Crippen LogP contribution in [0.15, 0.2) is 30.3 Å². The lowest BCUT2D eigenvalue weighted by Crippen LogP contribution is -2.25. The van der Waals surface area contributed by atoms with E-state index in [0.29, 0.717) is 6.10 Å². The Labute approximate surface area is 120 Å². The van der Waals surface area contributed by atoms with Crippen LogP contribution in [0.3, 0.4) is 0 Å². The number of benzene rings is 1. The molecule has 1 aliphatic carbocycles. The highest BCUT2D eigenvalue weighted by atomic mass is 16.5. The van der Waals surface area contributed by atoms with Crippen LogP contribution in [0.5, 0.6) is 5.88 Å². The van der Waals surface area contributed by atoms with Crippen LogP contribution in [0.25, 0.3) is 10.8 Å². The van der Waals surface area contributed by atoms with E-state index in [1.807, 2.05) is 6.07 Å². The quantitative estimate of drug-likeness (QED) is 0.813. The van der Waals surface area contributed by atoms with Crippen LogP contribution >= 0.6 is 0 Å². The summed E-state index contributed by atoms with van der Waals surface area (Å²) in [6.45, 7) is 4.00. The minimum Gasteiger partial charge on any atom is -0.474 e. The molecule has 20 heavy (non-hydrogen) atoms. The van der Waals surface area contributed by atoms with Crippen LogP contribution in [-0.2, 0) is 6.54 Å². The summed E-state index contributed by atoms with van der Waals surface area (Å²) in [7, 11) is 0. The van der Waals surface area contributed by atoms with Gasteiger partial charge in [-0.15, -0.1) is 0 Å². The van der Waals surface area contributed by atoms with E-state index in [1.54, 1.807) is 0 Å². The van der Waals surface area contributed by atoms with Crippen molar-refractivity contribution in [3.8, 4) is 5.88 Å². The first-order valence-corrected chi connectivity index (χ1v) is 7.63. The van der Waals surface area contributed by atoms with Gasteiger partial charge in [0.2, 0.25) is 5.88 Å². The van der Waals surface area contributed by atoms with Crippen LogP contribution < -0.4 is 10.1 Å². The first-order chi connectivity index (χ1) is 9.86. The Bertz CT molecular complexity index is 578. The molecule has 1 aromatic carbocycles. The Morgan fingerprint density at radius 1 is 1.30 bits per heavy atom. The van der Waals surface area contributed by atoms with Gasteiger partial charge in [-0.3, -0.25) is 0 Å². The molecular formula is C17H22N2O. The maximum Gasteiger partial charge on any atom is 0.221 e. The Balaban J connectivity index is 1.87. The molecule has 106 valence electrons. The number of hydrogen-bond donors (Lipinski definition) is 1. The standard InChI is InChI=1S/C17H22N2O/c1-2-10-18-12-14-11-13-6-3-4-9-16(13)17(19-14)20-15-7-5-8-15/h3-4,6,9,11,15,18H,2,5,7-8,10,12H2,1H3. The molecule has 0 spiro atoms. The number of fused-ring (bicyclic) bond motifs is 1. The Hall–Kier alpha value is -1.61. The molecule has 0 amide bonds. The van der Waals surface area contributed by atoms with E-state index in [-0.39, 0.29) is 0 Å². The van der Waals surface area contributed by atoms with Crippen molar-refractivity contribution < 1.29 is 4.74 Å². The number of aromatic nitrogens is 1. The van der Waals surface area contributed by atoms with Crippen molar-refractivity contribution in [2.75, 3.05) is 6.54 Å². The average Bonchev–Trinajstić information content (AvgIpc) is 2.43. The third kappa shape index (κ3) is 2.93. The average molecular weight is 270 g/mol. The Morgan fingerprint density at radius 3 is 2.90 bits per heavy atom. The van der Waals surface area contributed by atoms with E-state index < -0.39 is 0 Å². The second-order valence-corrected chi connectivity index (χ2v) is 5.49. The van der Waals surface area contributed by atoms with Crippen LogP contribution in [0, 0.1) is 0 Å². The molecule has 2 aromatic rings. The number of nitrogens with one attached hydrogen (secondary N) is 1. The SMILES string of the molecule is CCCNCc1cc2ccccc2c(OC2CCC2)n1. The van der Waals surface area contributed by atoms with E-state index in [2.05, 4.69) is 36.5 Å². The smallest absolute Gasteiger partial charge is 0.221 e. The van der Waals surface area contributed by atoms with E-state index in [9.17, 15) is 0 Å². The minimum atomic E-state index is 0.366. The predicted octanol–water partition coefficient (Wildman–Crippen LogP) is 3.67. The second kappa shape index (κ2) is 6.23. The summed E-state index contributed by atoms with van der Waals surface area (Å²) in [5.74, 6) is 0.807. The summed E-state index contributed by atoms with van der Waals surface area (Å²) in [6.07, 6.45) is 5.10. The first-order valence-electron chi connectivity index (χ1n) is 7.63. The summed E-state index contributed by atoms with van der Waals surface area (Å²) < 4.78 is 6.07. The lowest BCUT2D eigenvalue weighted by molar-refractivity contribution is 0.116. The number of rotatable bonds is 6. The monoisotopic (exact) mass is 270 g/mol. The van der Waals surface area contributed by atoms with Crippen LogP contribution in [0.2, 0.25) is 0 Å². The molecule has 3 nitrogen and oxygen atoms in total. The molecule has 0 unspecified atom stereocenters. The molecule has 0 aliphatic heterocycles. The molecule has 1 heterocycles. The van der Waals surface area contributed by atoms with Crippen LogP contribution in [0.1, 0.15) is 38.3 Å². The van der Waals surface area contributed by atoms with Crippen molar-refractivity contribution in [2.24, 2.45) is 0 Å². The molecule has 1 aliphatic rings. The number of nitrogens with zero attached hydrogens (tertiary/aromatic N) is 1. The molecule has 0 atom stereocenters. The minimum absolute atomic E-state index is 0.366. The molecule has 0 saturated heterocycles. The lowest BCUT2D eigenvalue weighted by atomic mass is 9.96. The van der Waals surface area contributed by atoms with Crippen molar-refractivity contribution in [3.63, 3.8) is 0 Å². The van der Waals surface area contributed by atoms with Crippen molar-refractivity contribution in [1.29, 1.82) is 0 Å². The Kier molecular flexibility index (Phi) is 4.16. The first kappa shape index (κ1) is 13.4. The second-order valence-electron chi connectivity index (χ2n) is 5.49. The normalized spacial score (nSPS) is 15.2. The van der Waals surface area contributed by atoms with Gasteiger partial charge in [0.1, 0.15) is 6.10 Å². The van der Waals surface area contributed by atoms with Gasteiger partial charge in [0.15, 0.2) is 0 Å².